The Bertz CT molecular complexity index is 904. The van der Waals surface area contributed by atoms with Gasteiger partial charge in [-0.2, -0.15) is 0 Å². The molecule has 4 heteroatoms. The maximum absolute atomic E-state index is 5.89. The summed E-state index contributed by atoms with van der Waals surface area (Å²) in [7, 11) is 0. The molecule has 5 rings (SSSR count). The van der Waals surface area contributed by atoms with Gasteiger partial charge in [0.15, 0.2) is 0 Å². The predicted molar refractivity (Wildman–Crippen MR) is 105 cm³/mol. The summed E-state index contributed by atoms with van der Waals surface area (Å²) < 4.78 is 5.89. The molecule has 2 aliphatic heterocycles. The Morgan fingerprint density at radius 2 is 1.88 bits per heavy atom. The largest absolute Gasteiger partial charge is 0.492 e. The van der Waals surface area contributed by atoms with Gasteiger partial charge in [-0.1, -0.05) is 36.4 Å². The summed E-state index contributed by atoms with van der Waals surface area (Å²) in [6, 6.07) is 18.8. The number of rotatable bonds is 4. The van der Waals surface area contributed by atoms with Gasteiger partial charge >= 0.3 is 0 Å². The topological polar surface area (TPSA) is 40.3 Å². The van der Waals surface area contributed by atoms with Gasteiger partial charge in [0, 0.05) is 42.8 Å². The molecule has 4 nitrogen and oxygen atoms in total. The number of H-pyrrole nitrogens is 1. The van der Waals surface area contributed by atoms with Gasteiger partial charge in [-0.25, -0.2) is 0 Å². The molecule has 0 unspecified atom stereocenters. The zero-order valence-corrected chi connectivity index (χ0v) is 15.0. The van der Waals surface area contributed by atoms with Gasteiger partial charge in [-0.15, -0.1) is 0 Å². The summed E-state index contributed by atoms with van der Waals surface area (Å²) >= 11 is 0. The van der Waals surface area contributed by atoms with Crippen LogP contribution in [0.15, 0.2) is 54.6 Å². The molecular weight excluding hydrogens is 322 g/mol. The standard InChI is InChI=1S/C22H25N3O/c1-2-6-17(7-3-1)26-15-14-25-13-11-22(16-25)21-19(10-12-23-22)18-8-4-5-9-20(18)24-21/h1-9,23-24H,10-16H2/t22-/m1/s1. The van der Waals surface area contributed by atoms with Crippen LogP contribution in [0.2, 0.25) is 0 Å². The highest BCUT2D eigenvalue weighted by atomic mass is 16.5. The van der Waals surface area contributed by atoms with Crippen LogP contribution in [-0.2, 0) is 12.0 Å². The molecule has 0 bridgehead atoms. The molecule has 1 saturated heterocycles. The molecule has 0 aliphatic carbocycles. The fourth-order valence-electron chi connectivity index (χ4n) is 4.62. The van der Waals surface area contributed by atoms with E-state index in [1.54, 1.807) is 0 Å². The minimum absolute atomic E-state index is 0.0688. The third-order valence-corrected chi connectivity index (χ3v) is 5.90. The molecule has 0 amide bonds. The molecule has 1 fully saturated rings. The second-order valence-electron chi connectivity index (χ2n) is 7.47. The molecule has 2 aliphatic rings. The molecule has 2 aromatic carbocycles. The molecule has 1 atom stereocenters. The smallest absolute Gasteiger partial charge is 0.119 e. The quantitative estimate of drug-likeness (QED) is 0.761. The maximum atomic E-state index is 5.89. The maximum Gasteiger partial charge on any atom is 0.119 e. The third-order valence-electron chi connectivity index (χ3n) is 5.90. The summed E-state index contributed by atoms with van der Waals surface area (Å²) in [5, 5.41) is 5.23. The van der Waals surface area contributed by atoms with E-state index in [1.807, 2.05) is 30.3 Å². The summed E-state index contributed by atoms with van der Waals surface area (Å²) in [6.07, 6.45) is 2.26. The average Bonchev–Trinajstić information content (AvgIpc) is 3.26. The Hall–Kier alpha value is -2.30. The molecule has 3 heterocycles. The third kappa shape index (κ3) is 2.70. The lowest BCUT2D eigenvalue weighted by atomic mass is 9.86. The van der Waals surface area contributed by atoms with Crippen LogP contribution in [0.5, 0.6) is 5.75 Å². The molecule has 2 N–H and O–H groups in total. The zero-order chi connectivity index (χ0) is 17.4. The van der Waals surface area contributed by atoms with Crippen molar-refractivity contribution in [2.45, 2.75) is 18.4 Å². The van der Waals surface area contributed by atoms with Gasteiger partial charge in [-0.3, -0.25) is 4.90 Å². The molecule has 1 spiro atoms. The van der Waals surface area contributed by atoms with Gasteiger partial charge in [-0.05, 0) is 36.6 Å². The number of aromatic nitrogens is 1. The van der Waals surface area contributed by atoms with Crippen molar-refractivity contribution in [3.63, 3.8) is 0 Å². The Balaban J connectivity index is 1.31. The summed E-state index contributed by atoms with van der Waals surface area (Å²) in [4.78, 5) is 6.26. The number of likely N-dealkylation sites (tertiary alicyclic amines) is 1. The average molecular weight is 347 g/mol. The number of ether oxygens (including phenoxy) is 1. The van der Waals surface area contributed by atoms with Gasteiger partial charge in [0.25, 0.3) is 0 Å². The first kappa shape index (κ1) is 15.9. The van der Waals surface area contributed by atoms with Gasteiger partial charge in [0.05, 0.1) is 5.54 Å². The monoisotopic (exact) mass is 347 g/mol. The highest BCUT2D eigenvalue weighted by Crippen LogP contribution is 2.39. The van der Waals surface area contributed by atoms with Crippen molar-refractivity contribution in [3.05, 3.63) is 65.9 Å². The lowest BCUT2D eigenvalue weighted by Crippen LogP contribution is -2.49. The fourth-order valence-corrected chi connectivity index (χ4v) is 4.62. The summed E-state index contributed by atoms with van der Waals surface area (Å²) in [5.41, 5.74) is 4.27. The van der Waals surface area contributed by atoms with Crippen LogP contribution in [0.25, 0.3) is 10.9 Å². The Kier molecular flexibility index (Phi) is 3.95. The van der Waals surface area contributed by atoms with E-state index in [0.29, 0.717) is 0 Å². The highest BCUT2D eigenvalue weighted by Gasteiger charge is 2.43. The predicted octanol–water partition coefficient (Wildman–Crippen LogP) is 3.29. The zero-order valence-electron chi connectivity index (χ0n) is 15.0. The Morgan fingerprint density at radius 3 is 2.81 bits per heavy atom. The number of fused-ring (bicyclic) bond motifs is 4. The SMILES string of the molecule is c1ccc(OCCN2CC[C@]3(C2)NCCc2c3[nH]c3ccccc23)cc1. The van der Waals surface area contributed by atoms with Crippen LogP contribution in [0.4, 0.5) is 0 Å². The summed E-state index contributed by atoms with van der Waals surface area (Å²) in [6.45, 7) is 4.92. The van der Waals surface area contributed by atoms with E-state index in [9.17, 15) is 0 Å². The lowest BCUT2D eigenvalue weighted by molar-refractivity contribution is 0.218. The lowest BCUT2D eigenvalue weighted by Gasteiger charge is -2.35. The van der Waals surface area contributed by atoms with Crippen LogP contribution in [0, 0.1) is 0 Å². The van der Waals surface area contributed by atoms with Gasteiger partial charge in [0.1, 0.15) is 12.4 Å². The van der Waals surface area contributed by atoms with Crippen LogP contribution in [-0.4, -0.2) is 42.7 Å². The second-order valence-corrected chi connectivity index (χ2v) is 7.47. The van der Waals surface area contributed by atoms with Crippen molar-refractivity contribution >= 4 is 10.9 Å². The van der Waals surface area contributed by atoms with Gasteiger partial charge in [0.2, 0.25) is 0 Å². The molecular formula is C22H25N3O. The van der Waals surface area contributed by atoms with E-state index in [0.717, 1.165) is 51.4 Å². The number of aromatic amines is 1. The van der Waals surface area contributed by atoms with Crippen molar-refractivity contribution < 1.29 is 4.74 Å². The number of nitrogens with one attached hydrogen (secondary N) is 2. The van der Waals surface area contributed by atoms with Crippen molar-refractivity contribution in [2.24, 2.45) is 0 Å². The van der Waals surface area contributed by atoms with E-state index < -0.39 is 0 Å². The number of nitrogens with zero attached hydrogens (tertiary/aromatic N) is 1. The molecule has 0 saturated carbocycles. The Labute approximate surface area is 154 Å². The summed E-state index contributed by atoms with van der Waals surface area (Å²) in [5.74, 6) is 0.954. The minimum atomic E-state index is 0.0688. The number of hydrogen-bond donors (Lipinski definition) is 2. The molecule has 0 radical (unpaired) electrons. The van der Waals surface area contributed by atoms with E-state index in [-0.39, 0.29) is 5.54 Å². The van der Waals surface area contributed by atoms with Crippen LogP contribution >= 0.6 is 0 Å². The molecule has 134 valence electrons. The van der Waals surface area contributed by atoms with Crippen molar-refractivity contribution in [3.8, 4) is 5.75 Å². The highest BCUT2D eigenvalue weighted by molar-refractivity contribution is 5.85. The number of para-hydroxylation sites is 2. The minimum Gasteiger partial charge on any atom is -0.492 e. The Morgan fingerprint density at radius 1 is 1.04 bits per heavy atom. The van der Waals surface area contributed by atoms with Crippen LogP contribution in [0.1, 0.15) is 17.7 Å². The van der Waals surface area contributed by atoms with Gasteiger partial charge < -0.3 is 15.0 Å². The first-order valence-electron chi connectivity index (χ1n) is 9.59. The van der Waals surface area contributed by atoms with Crippen LogP contribution < -0.4 is 10.1 Å². The molecule has 3 aromatic rings. The first-order valence-corrected chi connectivity index (χ1v) is 9.59. The number of benzene rings is 2. The van der Waals surface area contributed by atoms with Crippen molar-refractivity contribution in [1.29, 1.82) is 0 Å². The second kappa shape index (κ2) is 6.45. The molecule has 1 aromatic heterocycles. The fraction of sp³-hybridized carbons (Fsp3) is 0.364. The van der Waals surface area contributed by atoms with Crippen LogP contribution in [0.3, 0.4) is 0 Å². The van der Waals surface area contributed by atoms with E-state index in [2.05, 4.69) is 39.5 Å². The van der Waals surface area contributed by atoms with Crippen molar-refractivity contribution in [1.82, 2.24) is 15.2 Å². The molecule has 26 heavy (non-hydrogen) atoms. The van der Waals surface area contributed by atoms with E-state index >= 15 is 0 Å². The van der Waals surface area contributed by atoms with E-state index in [1.165, 1.54) is 22.2 Å². The van der Waals surface area contributed by atoms with Crippen molar-refractivity contribution in [2.75, 3.05) is 32.8 Å². The first-order chi connectivity index (χ1) is 12.8. The number of hydrogen-bond acceptors (Lipinski definition) is 3. The van der Waals surface area contributed by atoms with E-state index in [4.69, 9.17) is 4.74 Å². The normalized spacial score (nSPS) is 22.8.